The predicted molar refractivity (Wildman–Crippen MR) is 78.7 cm³/mol. The Labute approximate surface area is 122 Å². The zero-order chi connectivity index (χ0) is 14.7. The highest BCUT2D eigenvalue weighted by atomic mass is 32.2. The molecule has 1 aliphatic rings. The van der Waals surface area contributed by atoms with E-state index in [1.165, 1.54) is 18.7 Å². The molecule has 2 heterocycles. The molecule has 0 aliphatic carbocycles. The van der Waals surface area contributed by atoms with Gasteiger partial charge in [-0.25, -0.2) is 9.97 Å². The van der Waals surface area contributed by atoms with Gasteiger partial charge in [-0.15, -0.1) is 0 Å². The van der Waals surface area contributed by atoms with Crippen LogP contribution in [0.15, 0.2) is 11.2 Å². The molecule has 2 rings (SSSR count). The first-order valence-electron chi connectivity index (χ1n) is 6.36. The van der Waals surface area contributed by atoms with E-state index in [2.05, 4.69) is 9.97 Å². The number of carbonyl (C=O) groups excluding carboxylic acids is 1. The van der Waals surface area contributed by atoms with Gasteiger partial charge in [0.25, 0.3) is 0 Å². The second-order valence-electron chi connectivity index (χ2n) is 4.70. The van der Waals surface area contributed by atoms with Crippen molar-refractivity contribution < 1.29 is 9.90 Å². The molecule has 1 aliphatic heterocycles. The highest BCUT2D eigenvalue weighted by molar-refractivity contribution is 7.98. The van der Waals surface area contributed by atoms with Crippen LogP contribution in [0.1, 0.15) is 6.92 Å². The first-order valence-corrected chi connectivity index (χ1v) is 7.59. The fourth-order valence-corrected chi connectivity index (χ4v) is 2.55. The van der Waals surface area contributed by atoms with Crippen molar-refractivity contribution in [3.8, 4) is 0 Å². The summed E-state index contributed by atoms with van der Waals surface area (Å²) >= 11 is 1.42. The maximum absolute atomic E-state index is 11.4. The third-order valence-corrected chi connectivity index (χ3v) is 3.71. The predicted octanol–water partition coefficient (Wildman–Crippen LogP) is -0.190. The van der Waals surface area contributed by atoms with Crippen molar-refractivity contribution in [3.63, 3.8) is 0 Å². The maximum atomic E-state index is 11.4. The lowest BCUT2D eigenvalue weighted by atomic mass is 10.3. The number of nitrogens with zero attached hydrogens (tertiary/aromatic N) is 4. The number of aliphatic hydroxyl groups excluding tert-OH is 1. The molecule has 1 saturated heterocycles. The van der Waals surface area contributed by atoms with Gasteiger partial charge in [0, 0.05) is 39.2 Å². The van der Waals surface area contributed by atoms with Gasteiger partial charge in [-0.05, 0) is 6.26 Å². The van der Waals surface area contributed by atoms with Gasteiger partial charge in [0.05, 0.1) is 6.10 Å². The number of thioether (sulfide) groups is 1. The zero-order valence-electron chi connectivity index (χ0n) is 11.6. The second-order valence-corrected chi connectivity index (χ2v) is 5.48. The number of β-amino-alcohol motifs (C(OH)–C–C–N with tert-alkyl or cyclic N) is 1. The molecule has 1 unspecified atom stereocenters. The van der Waals surface area contributed by atoms with Crippen LogP contribution in [0.2, 0.25) is 0 Å². The monoisotopic (exact) mass is 297 g/mol. The smallest absolute Gasteiger partial charge is 0.219 e. The van der Waals surface area contributed by atoms with E-state index in [4.69, 9.17) is 5.73 Å². The normalized spacial score (nSPS) is 19.9. The molecular weight excluding hydrogens is 278 g/mol. The van der Waals surface area contributed by atoms with Crippen molar-refractivity contribution in [3.05, 3.63) is 6.07 Å². The van der Waals surface area contributed by atoms with Crippen molar-refractivity contribution in [1.82, 2.24) is 14.9 Å². The van der Waals surface area contributed by atoms with E-state index in [1.807, 2.05) is 11.2 Å². The number of amides is 1. The molecule has 0 saturated carbocycles. The Hall–Kier alpha value is -1.54. The number of rotatable bonds is 2. The number of aromatic nitrogens is 2. The number of hydrogen-bond donors (Lipinski definition) is 2. The van der Waals surface area contributed by atoms with Crippen LogP contribution in [0.5, 0.6) is 0 Å². The number of anilines is 2. The van der Waals surface area contributed by atoms with Crippen LogP contribution in [0.4, 0.5) is 11.6 Å². The molecular formula is C12H19N5O2S. The van der Waals surface area contributed by atoms with E-state index in [1.54, 1.807) is 11.0 Å². The molecule has 1 aromatic rings. The molecule has 8 heteroatoms. The summed E-state index contributed by atoms with van der Waals surface area (Å²) in [5.74, 6) is 1.06. The minimum Gasteiger partial charge on any atom is -0.389 e. The van der Waals surface area contributed by atoms with Crippen molar-refractivity contribution in [1.29, 1.82) is 0 Å². The molecule has 1 atom stereocenters. The molecule has 1 amide bonds. The average molecular weight is 297 g/mol. The third-order valence-electron chi connectivity index (χ3n) is 3.17. The summed E-state index contributed by atoms with van der Waals surface area (Å²) in [7, 11) is 0. The van der Waals surface area contributed by atoms with E-state index < -0.39 is 6.10 Å². The van der Waals surface area contributed by atoms with E-state index in [-0.39, 0.29) is 5.91 Å². The fourth-order valence-electron chi connectivity index (χ4n) is 2.17. The van der Waals surface area contributed by atoms with E-state index in [0.29, 0.717) is 43.0 Å². The standard InChI is InChI=1S/C12H19N5O2S/c1-8(18)16-3-4-17(7-9(19)6-16)11-5-10(13)14-12(15-11)20-2/h5,9,19H,3-4,6-7H2,1-2H3,(H2,13,14,15). The fraction of sp³-hybridized carbons (Fsp3) is 0.583. The molecule has 110 valence electrons. The third kappa shape index (κ3) is 3.51. The highest BCUT2D eigenvalue weighted by Gasteiger charge is 2.23. The van der Waals surface area contributed by atoms with E-state index in [0.717, 1.165) is 0 Å². The number of nitrogens with two attached hydrogens (primary N) is 1. The van der Waals surface area contributed by atoms with Gasteiger partial charge in [-0.3, -0.25) is 4.79 Å². The Morgan fingerprint density at radius 1 is 1.45 bits per heavy atom. The summed E-state index contributed by atoms with van der Waals surface area (Å²) in [6, 6.07) is 1.69. The topological polar surface area (TPSA) is 95.6 Å². The SMILES string of the molecule is CSc1nc(N)cc(N2CCN(C(C)=O)CC(O)C2)n1. The second kappa shape index (κ2) is 6.27. The molecule has 0 bridgehead atoms. The van der Waals surface area contributed by atoms with Gasteiger partial charge in [0.1, 0.15) is 11.6 Å². The lowest BCUT2D eigenvalue weighted by Crippen LogP contribution is -2.36. The van der Waals surface area contributed by atoms with Gasteiger partial charge < -0.3 is 20.6 Å². The van der Waals surface area contributed by atoms with Crippen LogP contribution in [0.3, 0.4) is 0 Å². The number of nitrogen functional groups attached to an aromatic ring is 1. The van der Waals surface area contributed by atoms with Gasteiger partial charge in [-0.2, -0.15) is 0 Å². The Morgan fingerprint density at radius 2 is 2.20 bits per heavy atom. The minimum atomic E-state index is -0.602. The Balaban J connectivity index is 2.20. The molecule has 7 nitrogen and oxygen atoms in total. The molecule has 3 N–H and O–H groups in total. The van der Waals surface area contributed by atoms with Crippen LogP contribution < -0.4 is 10.6 Å². The van der Waals surface area contributed by atoms with Crippen molar-refractivity contribution in [2.75, 3.05) is 43.1 Å². The quantitative estimate of drug-likeness (QED) is 0.577. The first kappa shape index (κ1) is 14.9. The largest absolute Gasteiger partial charge is 0.389 e. The van der Waals surface area contributed by atoms with Crippen LogP contribution in [-0.4, -0.2) is 64.4 Å². The molecule has 1 aromatic heterocycles. The Bertz CT molecular complexity index is 499. The number of aliphatic hydroxyl groups is 1. The summed E-state index contributed by atoms with van der Waals surface area (Å²) < 4.78 is 0. The van der Waals surface area contributed by atoms with Crippen LogP contribution in [-0.2, 0) is 4.79 Å². The summed E-state index contributed by atoms with van der Waals surface area (Å²) in [6.45, 7) is 3.46. The summed E-state index contributed by atoms with van der Waals surface area (Å²) in [5.41, 5.74) is 5.77. The van der Waals surface area contributed by atoms with Crippen molar-refractivity contribution in [2.45, 2.75) is 18.2 Å². The van der Waals surface area contributed by atoms with Gasteiger partial charge in [0.15, 0.2) is 5.16 Å². The average Bonchev–Trinajstić information content (AvgIpc) is 2.60. The van der Waals surface area contributed by atoms with Gasteiger partial charge in [0.2, 0.25) is 5.91 Å². The molecule has 0 radical (unpaired) electrons. The summed E-state index contributed by atoms with van der Waals surface area (Å²) in [4.78, 5) is 23.5. The van der Waals surface area contributed by atoms with E-state index >= 15 is 0 Å². The van der Waals surface area contributed by atoms with Crippen LogP contribution in [0, 0.1) is 0 Å². The highest BCUT2D eigenvalue weighted by Crippen LogP contribution is 2.20. The summed E-state index contributed by atoms with van der Waals surface area (Å²) in [5, 5.41) is 10.6. The molecule has 1 fully saturated rings. The number of hydrogen-bond acceptors (Lipinski definition) is 7. The Morgan fingerprint density at radius 3 is 2.85 bits per heavy atom. The lowest BCUT2D eigenvalue weighted by molar-refractivity contribution is -0.129. The van der Waals surface area contributed by atoms with Crippen molar-refractivity contribution >= 4 is 29.3 Å². The first-order chi connectivity index (χ1) is 9.49. The van der Waals surface area contributed by atoms with Crippen LogP contribution >= 0.6 is 11.8 Å². The van der Waals surface area contributed by atoms with Crippen LogP contribution in [0.25, 0.3) is 0 Å². The maximum Gasteiger partial charge on any atom is 0.219 e. The minimum absolute atomic E-state index is 0.0297. The number of carbonyl (C=O) groups is 1. The van der Waals surface area contributed by atoms with Gasteiger partial charge >= 0.3 is 0 Å². The van der Waals surface area contributed by atoms with Crippen molar-refractivity contribution in [2.24, 2.45) is 0 Å². The van der Waals surface area contributed by atoms with Gasteiger partial charge in [-0.1, -0.05) is 11.8 Å². The molecule has 0 aromatic carbocycles. The molecule has 0 spiro atoms. The molecule has 20 heavy (non-hydrogen) atoms. The Kier molecular flexibility index (Phi) is 4.66. The van der Waals surface area contributed by atoms with E-state index in [9.17, 15) is 9.90 Å². The lowest BCUT2D eigenvalue weighted by Gasteiger charge is -2.23. The zero-order valence-corrected chi connectivity index (χ0v) is 12.4. The summed E-state index contributed by atoms with van der Waals surface area (Å²) in [6.07, 6.45) is 1.28.